The summed E-state index contributed by atoms with van der Waals surface area (Å²) in [7, 11) is 1.45. The van der Waals surface area contributed by atoms with Gasteiger partial charge in [-0.15, -0.1) is 0 Å². The van der Waals surface area contributed by atoms with Gasteiger partial charge in [-0.25, -0.2) is 4.79 Å². The molecule has 0 aliphatic rings. The lowest BCUT2D eigenvalue weighted by Crippen LogP contribution is -2.39. The highest BCUT2D eigenvalue weighted by atomic mass is 16.6. The van der Waals surface area contributed by atoms with Crippen molar-refractivity contribution in [3.05, 3.63) is 29.3 Å². The van der Waals surface area contributed by atoms with E-state index in [2.05, 4.69) is 5.32 Å². The molecule has 23 heavy (non-hydrogen) atoms. The summed E-state index contributed by atoms with van der Waals surface area (Å²) in [6.07, 6.45) is -2.80. The number of benzene rings is 1. The number of aliphatic hydroxyl groups is 2. The Morgan fingerprint density at radius 1 is 1.35 bits per heavy atom. The molecule has 0 saturated heterocycles. The monoisotopic (exact) mass is 325 g/mol. The Labute approximate surface area is 135 Å². The summed E-state index contributed by atoms with van der Waals surface area (Å²) in [5, 5.41) is 22.6. The molecule has 3 N–H and O–H groups in total. The number of hydrogen-bond acceptors (Lipinski definition) is 6. The van der Waals surface area contributed by atoms with E-state index in [1.54, 1.807) is 26.8 Å². The van der Waals surface area contributed by atoms with Gasteiger partial charge in [0.05, 0.1) is 7.11 Å². The van der Waals surface area contributed by atoms with E-state index in [1.165, 1.54) is 19.2 Å². The average Bonchev–Trinajstić information content (AvgIpc) is 2.49. The summed E-state index contributed by atoms with van der Waals surface area (Å²) in [5.74, 6) is 0.442. The van der Waals surface area contributed by atoms with E-state index in [0.717, 1.165) is 0 Å². The smallest absolute Gasteiger partial charge is 0.407 e. The molecule has 1 aromatic carbocycles. The molecule has 2 unspecified atom stereocenters. The number of hydrogen-bond donors (Lipinski definition) is 3. The lowest BCUT2D eigenvalue weighted by atomic mass is 9.99. The van der Waals surface area contributed by atoms with Crippen LogP contribution in [0.4, 0.5) is 4.79 Å². The van der Waals surface area contributed by atoms with E-state index in [9.17, 15) is 19.8 Å². The molecule has 0 fully saturated rings. The molecule has 1 aromatic rings. The number of methoxy groups -OCH3 is 1. The van der Waals surface area contributed by atoms with Gasteiger partial charge in [-0.3, -0.25) is 4.79 Å². The van der Waals surface area contributed by atoms with E-state index < -0.39 is 23.9 Å². The summed E-state index contributed by atoms with van der Waals surface area (Å²) < 4.78 is 10.1. The Morgan fingerprint density at radius 3 is 2.52 bits per heavy atom. The van der Waals surface area contributed by atoms with Crippen LogP contribution in [0.25, 0.3) is 0 Å². The van der Waals surface area contributed by atoms with Crippen molar-refractivity contribution in [2.24, 2.45) is 0 Å². The lowest BCUT2D eigenvalue weighted by Gasteiger charge is -2.23. The summed E-state index contributed by atoms with van der Waals surface area (Å²) >= 11 is 0. The number of ether oxygens (including phenoxy) is 2. The maximum atomic E-state index is 11.5. The number of carbonyl (C=O) groups excluding carboxylic acids is 2. The zero-order valence-electron chi connectivity index (χ0n) is 13.7. The van der Waals surface area contributed by atoms with Crippen molar-refractivity contribution in [1.82, 2.24) is 5.32 Å². The summed E-state index contributed by atoms with van der Waals surface area (Å²) in [6.45, 7) is 4.91. The molecule has 0 saturated carbocycles. The molecule has 7 nitrogen and oxygen atoms in total. The molecule has 2 atom stereocenters. The van der Waals surface area contributed by atoms with Crippen molar-refractivity contribution >= 4 is 12.4 Å². The van der Waals surface area contributed by atoms with Gasteiger partial charge < -0.3 is 25.0 Å². The van der Waals surface area contributed by atoms with Crippen LogP contribution in [0.15, 0.2) is 18.2 Å². The number of amides is 1. The fourth-order valence-corrected chi connectivity index (χ4v) is 1.86. The van der Waals surface area contributed by atoms with Crippen molar-refractivity contribution in [3.8, 4) is 5.75 Å². The van der Waals surface area contributed by atoms with Crippen LogP contribution < -0.4 is 10.1 Å². The molecule has 0 radical (unpaired) electrons. The zero-order chi connectivity index (χ0) is 17.6. The first-order valence-electron chi connectivity index (χ1n) is 7.14. The first kappa shape index (κ1) is 18.9. The van der Waals surface area contributed by atoms with E-state index in [4.69, 9.17) is 9.47 Å². The first-order valence-corrected chi connectivity index (χ1v) is 7.14. The van der Waals surface area contributed by atoms with Gasteiger partial charge in [0.15, 0.2) is 0 Å². The molecular weight excluding hydrogens is 302 g/mol. The van der Waals surface area contributed by atoms with E-state index in [-0.39, 0.29) is 17.7 Å². The van der Waals surface area contributed by atoms with Crippen LogP contribution in [0, 0.1) is 0 Å². The SMILES string of the molecule is COc1ccc(C=O)c(C(O)C(O)CNC(=O)OC(C)(C)C)c1. The molecule has 1 amide bonds. The highest BCUT2D eigenvalue weighted by molar-refractivity contribution is 5.78. The van der Waals surface area contributed by atoms with Crippen molar-refractivity contribution in [1.29, 1.82) is 0 Å². The number of nitrogens with one attached hydrogen (secondary N) is 1. The van der Waals surface area contributed by atoms with Crippen LogP contribution in [0.2, 0.25) is 0 Å². The standard InChI is InChI=1S/C16H23NO6/c1-16(2,3)23-15(21)17-8-13(19)14(20)12-7-11(22-4)6-5-10(12)9-18/h5-7,9,13-14,19-20H,8H2,1-4H3,(H,17,21). The number of rotatable bonds is 6. The Balaban J connectivity index is 2.75. The van der Waals surface area contributed by atoms with Crippen LogP contribution >= 0.6 is 0 Å². The summed E-state index contributed by atoms with van der Waals surface area (Å²) in [4.78, 5) is 22.6. The maximum absolute atomic E-state index is 11.5. The zero-order valence-corrected chi connectivity index (χ0v) is 13.7. The second kappa shape index (κ2) is 7.94. The molecule has 7 heteroatoms. The third-order valence-corrected chi connectivity index (χ3v) is 2.96. The molecule has 0 aliphatic carbocycles. The number of carbonyl (C=O) groups is 2. The second-order valence-corrected chi connectivity index (χ2v) is 6.01. The largest absolute Gasteiger partial charge is 0.497 e. The Bertz CT molecular complexity index is 552. The predicted octanol–water partition coefficient (Wildman–Crippen LogP) is 1.43. The third kappa shape index (κ3) is 5.88. The number of aliphatic hydroxyl groups excluding tert-OH is 2. The normalized spacial score (nSPS) is 13.8. The topological polar surface area (TPSA) is 105 Å². The van der Waals surface area contributed by atoms with Crippen LogP contribution in [0.3, 0.4) is 0 Å². The summed E-state index contributed by atoms with van der Waals surface area (Å²) in [6, 6.07) is 4.52. The van der Waals surface area contributed by atoms with E-state index in [1.807, 2.05) is 0 Å². The highest BCUT2D eigenvalue weighted by Crippen LogP contribution is 2.25. The average molecular weight is 325 g/mol. The van der Waals surface area contributed by atoms with Crippen LogP contribution in [-0.2, 0) is 4.74 Å². The van der Waals surface area contributed by atoms with Gasteiger partial charge in [0.25, 0.3) is 0 Å². The van der Waals surface area contributed by atoms with Gasteiger partial charge in [-0.05, 0) is 44.5 Å². The molecule has 128 valence electrons. The van der Waals surface area contributed by atoms with Gasteiger partial charge in [0.2, 0.25) is 0 Å². The highest BCUT2D eigenvalue weighted by Gasteiger charge is 2.23. The van der Waals surface area contributed by atoms with Gasteiger partial charge in [0, 0.05) is 12.1 Å². The van der Waals surface area contributed by atoms with Crippen molar-refractivity contribution in [2.45, 2.75) is 38.6 Å². The molecule has 0 aromatic heterocycles. The molecule has 0 aliphatic heterocycles. The Morgan fingerprint density at radius 2 is 2.00 bits per heavy atom. The fraction of sp³-hybridized carbons (Fsp3) is 0.500. The summed E-state index contributed by atoms with van der Waals surface area (Å²) in [5.41, 5.74) is -0.210. The molecule has 0 heterocycles. The maximum Gasteiger partial charge on any atom is 0.407 e. The van der Waals surface area contributed by atoms with Gasteiger partial charge in [-0.1, -0.05) is 0 Å². The van der Waals surface area contributed by atoms with Crippen molar-refractivity contribution < 1.29 is 29.3 Å². The minimum atomic E-state index is -1.36. The fourth-order valence-electron chi connectivity index (χ4n) is 1.86. The van der Waals surface area contributed by atoms with Crippen LogP contribution in [0.1, 0.15) is 42.8 Å². The third-order valence-electron chi connectivity index (χ3n) is 2.96. The number of alkyl carbamates (subject to hydrolysis) is 1. The van der Waals surface area contributed by atoms with Crippen LogP contribution in [-0.4, -0.2) is 48.0 Å². The molecule has 0 spiro atoms. The van der Waals surface area contributed by atoms with Gasteiger partial charge >= 0.3 is 6.09 Å². The predicted molar refractivity (Wildman–Crippen MR) is 83.6 cm³/mol. The molecule has 1 rings (SSSR count). The molecular formula is C16H23NO6. The van der Waals surface area contributed by atoms with Gasteiger partial charge in [0.1, 0.15) is 29.8 Å². The van der Waals surface area contributed by atoms with E-state index in [0.29, 0.717) is 12.0 Å². The quantitative estimate of drug-likeness (QED) is 0.683. The first-order chi connectivity index (χ1) is 10.7. The Hall–Kier alpha value is -2.12. The number of aldehydes is 1. The van der Waals surface area contributed by atoms with Crippen LogP contribution in [0.5, 0.6) is 5.75 Å². The van der Waals surface area contributed by atoms with Gasteiger partial charge in [-0.2, -0.15) is 0 Å². The van der Waals surface area contributed by atoms with Crippen molar-refractivity contribution in [2.75, 3.05) is 13.7 Å². The van der Waals surface area contributed by atoms with Crippen molar-refractivity contribution in [3.63, 3.8) is 0 Å². The minimum absolute atomic E-state index is 0.220. The van der Waals surface area contributed by atoms with E-state index >= 15 is 0 Å². The minimum Gasteiger partial charge on any atom is -0.497 e. The second-order valence-electron chi connectivity index (χ2n) is 6.01. The Kier molecular flexibility index (Phi) is 6.53. The lowest BCUT2D eigenvalue weighted by molar-refractivity contribution is 0.0125. The molecule has 0 bridgehead atoms.